The fourth-order valence-electron chi connectivity index (χ4n) is 6.01. The quantitative estimate of drug-likeness (QED) is 0.226. The van der Waals surface area contributed by atoms with Crippen molar-refractivity contribution in [2.45, 2.75) is 6.92 Å². The molecule has 0 N–H and O–H groups in total. The van der Waals surface area contributed by atoms with Gasteiger partial charge in [0.15, 0.2) is 0 Å². The van der Waals surface area contributed by atoms with E-state index in [9.17, 15) is 0 Å². The Kier molecular flexibility index (Phi) is 4.40. The first kappa shape index (κ1) is 22.4. The zero-order valence-corrected chi connectivity index (χ0v) is 22.3. The predicted molar refractivity (Wildman–Crippen MR) is 163 cm³/mol. The van der Waals surface area contributed by atoms with Gasteiger partial charge in [-0.1, -0.05) is 24.3 Å². The van der Waals surface area contributed by atoms with Crippen LogP contribution in [0, 0.1) is 6.92 Å². The summed E-state index contributed by atoms with van der Waals surface area (Å²) in [4.78, 5) is 0. The molecule has 0 aliphatic carbocycles. The molecule has 0 fully saturated rings. The van der Waals surface area contributed by atoms with E-state index in [0.29, 0.717) is 5.95 Å². The highest BCUT2D eigenvalue weighted by atomic mass is 16.6. The van der Waals surface area contributed by atoms with Gasteiger partial charge in [0.25, 0.3) is 5.95 Å². The summed E-state index contributed by atoms with van der Waals surface area (Å²) in [7, 11) is 1.60. The second-order valence-corrected chi connectivity index (χ2v) is 10.6. The van der Waals surface area contributed by atoms with Gasteiger partial charge in [-0.3, -0.25) is 0 Å². The number of benzene rings is 5. The lowest BCUT2D eigenvalue weighted by atomic mass is 10.0. The monoisotopic (exact) mass is 534 g/mol. The van der Waals surface area contributed by atoms with Crippen LogP contribution >= 0.6 is 0 Å². The topological polar surface area (TPSA) is 61.8 Å². The largest absolute Gasteiger partial charge is 0.468 e. The maximum absolute atomic E-state index is 6.40. The lowest BCUT2D eigenvalue weighted by Gasteiger charge is -2.02. The minimum Gasteiger partial charge on any atom is -0.468 e. The van der Waals surface area contributed by atoms with Crippen molar-refractivity contribution in [1.82, 2.24) is 0 Å². The standard InChI is InChI=1S/C36H22O5/c1-19-3-8-30(38-19)22-6-4-20-15-32-26(13-24(20)11-22)28-17-35-29(18-34(28)39-32)27-14-25-12-23(31-9-10-36(37-2)41-31)7-5-21(25)16-33(27)40-35/h3-18H,1-2H3. The van der Waals surface area contributed by atoms with E-state index in [4.69, 9.17) is 22.4 Å². The molecule has 0 atom stereocenters. The molecule has 0 radical (unpaired) electrons. The summed E-state index contributed by atoms with van der Waals surface area (Å²) in [6.07, 6.45) is 0. The van der Waals surface area contributed by atoms with Crippen molar-refractivity contribution < 1.29 is 22.4 Å². The van der Waals surface area contributed by atoms with Gasteiger partial charge in [0, 0.05) is 38.7 Å². The van der Waals surface area contributed by atoms with Gasteiger partial charge in [0.2, 0.25) is 0 Å². The van der Waals surface area contributed by atoms with Crippen molar-refractivity contribution >= 4 is 65.4 Å². The Balaban J connectivity index is 1.22. The Labute approximate surface area is 233 Å². The summed E-state index contributed by atoms with van der Waals surface area (Å²) in [5.74, 6) is 3.03. The summed E-state index contributed by atoms with van der Waals surface area (Å²) in [5, 5.41) is 8.62. The molecule has 9 rings (SSSR count). The summed E-state index contributed by atoms with van der Waals surface area (Å²) < 4.78 is 29.7. The minimum atomic E-state index is 0.493. The number of fused-ring (bicyclic) bond motifs is 8. The number of rotatable bonds is 3. The van der Waals surface area contributed by atoms with Crippen LogP contribution in [0.2, 0.25) is 0 Å². The highest BCUT2D eigenvalue weighted by Crippen LogP contribution is 2.40. The third-order valence-electron chi connectivity index (χ3n) is 8.07. The van der Waals surface area contributed by atoms with Crippen LogP contribution in [0.1, 0.15) is 5.76 Å². The summed E-state index contributed by atoms with van der Waals surface area (Å²) in [6.45, 7) is 1.96. The van der Waals surface area contributed by atoms with Gasteiger partial charge in [-0.2, -0.15) is 0 Å². The molecule has 196 valence electrons. The van der Waals surface area contributed by atoms with Gasteiger partial charge >= 0.3 is 0 Å². The van der Waals surface area contributed by atoms with Crippen LogP contribution in [0.25, 0.3) is 88.1 Å². The summed E-state index contributed by atoms with van der Waals surface area (Å²) in [5.41, 5.74) is 5.42. The van der Waals surface area contributed by atoms with E-state index in [0.717, 1.165) is 93.8 Å². The molecule has 4 aromatic heterocycles. The number of hydrogen-bond acceptors (Lipinski definition) is 5. The highest BCUT2D eigenvalue weighted by Gasteiger charge is 2.16. The van der Waals surface area contributed by atoms with Gasteiger partial charge in [0.1, 0.15) is 39.6 Å². The molecule has 0 amide bonds. The average Bonchev–Trinajstić information content (AvgIpc) is 3.78. The molecule has 41 heavy (non-hydrogen) atoms. The maximum Gasteiger partial charge on any atom is 0.284 e. The van der Waals surface area contributed by atoms with Crippen LogP contribution in [0.5, 0.6) is 5.95 Å². The lowest BCUT2D eigenvalue weighted by molar-refractivity contribution is 0.309. The molecular formula is C36H22O5. The van der Waals surface area contributed by atoms with Crippen LogP contribution in [-0.2, 0) is 0 Å². The predicted octanol–water partition coefficient (Wildman–Crippen LogP) is 10.6. The number of aryl methyl sites for hydroxylation is 1. The van der Waals surface area contributed by atoms with Crippen LogP contribution in [0.3, 0.4) is 0 Å². The summed E-state index contributed by atoms with van der Waals surface area (Å²) in [6, 6.07) is 33.2. The third kappa shape index (κ3) is 3.36. The van der Waals surface area contributed by atoms with E-state index in [2.05, 4.69) is 72.8 Å². The molecule has 5 heteroatoms. The molecule has 0 saturated carbocycles. The second-order valence-electron chi connectivity index (χ2n) is 10.6. The molecular weight excluding hydrogens is 512 g/mol. The van der Waals surface area contributed by atoms with Crippen molar-refractivity contribution in [1.29, 1.82) is 0 Å². The van der Waals surface area contributed by atoms with Crippen LogP contribution in [0.15, 0.2) is 115 Å². The Bertz CT molecular complexity index is 2480. The van der Waals surface area contributed by atoms with Crippen molar-refractivity contribution in [3.05, 3.63) is 103 Å². The third-order valence-corrected chi connectivity index (χ3v) is 8.07. The zero-order valence-electron chi connectivity index (χ0n) is 22.3. The fourth-order valence-corrected chi connectivity index (χ4v) is 6.01. The molecule has 0 aliphatic heterocycles. The second kappa shape index (κ2) is 8.05. The van der Waals surface area contributed by atoms with Gasteiger partial charge in [-0.05, 0) is 95.2 Å². The Morgan fingerprint density at radius 1 is 0.439 bits per heavy atom. The van der Waals surface area contributed by atoms with Crippen molar-refractivity contribution in [3.63, 3.8) is 0 Å². The Morgan fingerprint density at radius 2 is 0.951 bits per heavy atom. The van der Waals surface area contributed by atoms with E-state index in [-0.39, 0.29) is 0 Å². The van der Waals surface area contributed by atoms with Crippen molar-refractivity contribution in [2.24, 2.45) is 0 Å². The van der Waals surface area contributed by atoms with E-state index in [1.807, 2.05) is 31.2 Å². The zero-order chi connectivity index (χ0) is 27.2. The number of furan rings is 4. The Hall–Kier alpha value is -5.42. The first-order valence-corrected chi connectivity index (χ1v) is 13.5. The van der Waals surface area contributed by atoms with Gasteiger partial charge < -0.3 is 22.4 Å². The van der Waals surface area contributed by atoms with Crippen LogP contribution in [-0.4, -0.2) is 7.11 Å². The molecule has 5 nitrogen and oxygen atoms in total. The lowest BCUT2D eigenvalue weighted by Crippen LogP contribution is -1.78. The molecule has 5 aromatic carbocycles. The molecule has 0 saturated heterocycles. The van der Waals surface area contributed by atoms with Gasteiger partial charge in [-0.15, -0.1) is 0 Å². The van der Waals surface area contributed by atoms with Crippen molar-refractivity contribution in [3.8, 4) is 28.6 Å². The number of ether oxygens (including phenoxy) is 1. The van der Waals surface area contributed by atoms with Crippen molar-refractivity contribution in [2.75, 3.05) is 7.11 Å². The van der Waals surface area contributed by atoms with E-state index in [1.54, 1.807) is 7.11 Å². The molecule has 4 heterocycles. The molecule has 9 aromatic rings. The molecule has 0 bridgehead atoms. The van der Waals surface area contributed by atoms with E-state index >= 15 is 0 Å². The van der Waals surface area contributed by atoms with E-state index in [1.165, 1.54) is 0 Å². The fraction of sp³-hybridized carbons (Fsp3) is 0.0556. The number of methoxy groups -OCH3 is 1. The van der Waals surface area contributed by atoms with Gasteiger partial charge in [0.05, 0.1) is 7.11 Å². The molecule has 0 aliphatic rings. The normalized spacial score (nSPS) is 12.1. The summed E-state index contributed by atoms with van der Waals surface area (Å²) >= 11 is 0. The SMILES string of the molecule is COc1ccc(-c2ccc3cc4oc5cc6c(cc5c4cc3c2)oc2cc3ccc(-c4ccc(C)o4)cc3cc26)o1. The van der Waals surface area contributed by atoms with E-state index < -0.39 is 0 Å². The van der Waals surface area contributed by atoms with Crippen LogP contribution < -0.4 is 4.74 Å². The Morgan fingerprint density at radius 3 is 1.46 bits per heavy atom. The molecule has 0 spiro atoms. The first-order valence-electron chi connectivity index (χ1n) is 13.5. The first-order chi connectivity index (χ1) is 20.1. The highest BCUT2D eigenvalue weighted by molar-refractivity contribution is 6.18. The average molecular weight is 535 g/mol. The van der Waals surface area contributed by atoms with Crippen LogP contribution in [0.4, 0.5) is 0 Å². The minimum absolute atomic E-state index is 0.493. The molecule has 0 unspecified atom stereocenters. The smallest absolute Gasteiger partial charge is 0.284 e. The van der Waals surface area contributed by atoms with Gasteiger partial charge in [-0.25, -0.2) is 0 Å². The maximum atomic E-state index is 6.40. The number of hydrogen-bond donors (Lipinski definition) is 0.